The summed E-state index contributed by atoms with van der Waals surface area (Å²) >= 11 is 0. The topological polar surface area (TPSA) is 58.9 Å². The van der Waals surface area contributed by atoms with Crippen LogP contribution in [-0.4, -0.2) is 12.2 Å². The molecule has 2 rings (SSSR count). The summed E-state index contributed by atoms with van der Waals surface area (Å²) < 4.78 is 0. The third-order valence-corrected chi connectivity index (χ3v) is 3.91. The Morgan fingerprint density at radius 2 is 1.50 bits per heavy atom. The molecule has 0 amide bonds. The molecule has 0 heterocycles. The van der Waals surface area contributed by atoms with Gasteiger partial charge in [0.1, 0.15) is 0 Å². The van der Waals surface area contributed by atoms with E-state index in [1.165, 1.54) is 0 Å². The summed E-state index contributed by atoms with van der Waals surface area (Å²) in [6.45, 7) is 7.92. The SMILES string of the molecule is Cc1cc(N=C=O)cc(-c2c(C)ccc(N=C=O)c2C)c1C. The number of benzene rings is 2. The van der Waals surface area contributed by atoms with E-state index < -0.39 is 0 Å². The van der Waals surface area contributed by atoms with E-state index in [1.807, 2.05) is 45.9 Å². The van der Waals surface area contributed by atoms with Gasteiger partial charge in [0.05, 0.1) is 11.4 Å². The molecule has 0 aliphatic heterocycles. The van der Waals surface area contributed by atoms with E-state index >= 15 is 0 Å². The van der Waals surface area contributed by atoms with Crippen molar-refractivity contribution in [2.75, 3.05) is 0 Å². The zero-order valence-electron chi connectivity index (χ0n) is 13.0. The predicted molar refractivity (Wildman–Crippen MR) is 86.4 cm³/mol. The maximum absolute atomic E-state index is 10.6. The number of hydrogen-bond acceptors (Lipinski definition) is 4. The molecule has 110 valence electrons. The monoisotopic (exact) mass is 292 g/mol. The van der Waals surface area contributed by atoms with Crippen molar-refractivity contribution in [3.63, 3.8) is 0 Å². The first-order chi connectivity index (χ1) is 10.5. The van der Waals surface area contributed by atoms with Crippen molar-refractivity contribution in [1.29, 1.82) is 0 Å². The minimum absolute atomic E-state index is 0.566. The second-order valence-electron chi connectivity index (χ2n) is 5.24. The van der Waals surface area contributed by atoms with Crippen molar-refractivity contribution < 1.29 is 9.59 Å². The number of aryl methyl sites for hydroxylation is 2. The first-order valence-corrected chi connectivity index (χ1v) is 6.87. The summed E-state index contributed by atoms with van der Waals surface area (Å²) in [5.74, 6) is 0. The highest BCUT2D eigenvalue weighted by Gasteiger charge is 2.14. The van der Waals surface area contributed by atoms with Crippen LogP contribution in [0.25, 0.3) is 11.1 Å². The Hall–Kier alpha value is -2.80. The second kappa shape index (κ2) is 6.31. The van der Waals surface area contributed by atoms with E-state index in [2.05, 4.69) is 9.98 Å². The predicted octanol–water partition coefficient (Wildman–Crippen LogP) is 4.52. The zero-order chi connectivity index (χ0) is 16.3. The number of aliphatic imine (C=N–C) groups is 2. The third-order valence-electron chi connectivity index (χ3n) is 3.91. The van der Waals surface area contributed by atoms with E-state index in [9.17, 15) is 9.59 Å². The Bertz CT molecular complexity index is 841. The minimum Gasteiger partial charge on any atom is -0.211 e. The van der Waals surface area contributed by atoms with Gasteiger partial charge < -0.3 is 0 Å². The molecule has 4 heteroatoms. The Morgan fingerprint density at radius 1 is 0.818 bits per heavy atom. The van der Waals surface area contributed by atoms with Gasteiger partial charge >= 0.3 is 0 Å². The van der Waals surface area contributed by atoms with Crippen molar-refractivity contribution in [1.82, 2.24) is 0 Å². The van der Waals surface area contributed by atoms with Crippen molar-refractivity contribution >= 4 is 23.5 Å². The number of hydrogen-bond donors (Lipinski definition) is 0. The molecule has 0 aliphatic carbocycles. The molecule has 0 unspecified atom stereocenters. The van der Waals surface area contributed by atoms with Crippen LogP contribution >= 0.6 is 0 Å². The molecule has 0 saturated carbocycles. The van der Waals surface area contributed by atoms with Gasteiger partial charge in [-0.1, -0.05) is 6.07 Å². The van der Waals surface area contributed by atoms with Gasteiger partial charge in [0.15, 0.2) is 0 Å². The lowest BCUT2D eigenvalue weighted by Crippen LogP contribution is -1.93. The van der Waals surface area contributed by atoms with Crippen LogP contribution < -0.4 is 0 Å². The van der Waals surface area contributed by atoms with Gasteiger partial charge in [0, 0.05) is 0 Å². The molecule has 0 fully saturated rings. The van der Waals surface area contributed by atoms with Crippen LogP contribution in [0.4, 0.5) is 11.4 Å². The summed E-state index contributed by atoms with van der Waals surface area (Å²) in [6.07, 6.45) is 3.16. The molecule has 0 saturated heterocycles. The van der Waals surface area contributed by atoms with Gasteiger partial charge in [0.2, 0.25) is 12.2 Å². The van der Waals surface area contributed by atoms with Gasteiger partial charge in [-0.15, -0.1) is 0 Å². The fourth-order valence-corrected chi connectivity index (χ4v) is 2.64. The molecular weight excluding hydrogens is 276 g/mol. The maximum Gasteiger partial charge on any atom is 0.240 e. The van der Waals surface area contributed by atoms with Gasteiger partial charge in [-0.05, 0) is 79.3 Å². The van der Waals surface area contributed by atoms with Crippen molar-refractivity contribution in [2.24, 2.45) is 9.98 Å². The standard InChI is InChI=1S/C18H16N2O2/c1-11-5-6-17(20-10-22)14(4)18(11)16-8-15(19-9-21)7-12(2)13(16)3/h5-8H,1-4H3. The lowest BCUT2D eigenvalue weighted by atomic mass is 9.89. The first kappa shape index (κ1) is 15.6. The van der Waals surface area contributed by atoms with Gasteiger partial charge in [-0.25, -0.2) is 9.59 Å². The van der Waals surface area contributed by atoms with Crippen LogP contribution in [0, 0.1) is 27.7 Å². The van der Waals surface area contributed by atoms with E-state index in [0.717, 1.165) is 33.4 Å². The minimum atomic E-state index is 0.566. The zero-order valence-corrected chi connectivity index (χ0v) is 13.0. The number of nitrogens with zero attached hydrogens (tertiary/aromatic N) is 2. The van der Waals surface area contributed by atoms with Crippen LogP contribution in [0.3, 0.4) is 0 Å². The maximum atomic E-state index is 10.6. The summed E-state index contributed by atoms with van der Waals surface area (Å²) in [6, 6.07) is 7.43. The van der Waals surface area contributed by atoms with Gasteiger partial charge in [0.25, 0.3) is 0 Å². The van der Waals surface area contributed by atoms with E-state index in [-0.39, 0.29) is 0 Å². The molecule has 22 heavy (non-hydrogen) atoms. The average molecular weight is 292 g/mol. The molecule has 0 bridgehead atoms. The molecule has 4 nitrogen and oxygen atoms in total. The lowest BCUT2D eigenvalue weighted by molar-refractivity contribution is 0.564. The highest BCUT2D eigenvalue weighted by atomic mass is 16.1. The highest BCUT2D eigenvalue weighted by Crippen LogP contribution is 2.37. The third kappa shape index (κ3) is 2.79. The smallest absolute Gasteiger partial charge is 0.211 e. The quantitative estimate of drug-likeness (QED) is 0.616. The Kier molecular flexibility index (Phi) is 4.47. The number of isocyanates is 2. The molecule has 2 aromatic carbocycles. The van der Waals surface area contributed by atoms with Crippen LogP contribution in [0.1, 0.15) is 22.3 Å². The molecule has 0 N–H and O–H groups in total. The van der Waals surface area contributed by atoms with Crippen LogP contribution in [0.5, 0.6) is 0 Å². The van der Waals surface area contributed by atoms with E-state index in [0.29, 0.717) is 11.4 Å². The molecular formula is C18H16N2O2. The first-order valence-electron chi connectivity index (χ1n) is 6.87. The molecule has 0 aromatic heterocycles. The Labute approximate surface area is 129 Å². The fraction of sp³-hybridized carbons (Fsp3) is 0.222. The highest BCUT2D eigenvalue weighted by molar-refractivity contribution is 5.81. The van der Waals surface area contributed by atoms with Crippen molar-refractivity contribution in [2.45, 2.75) is 27.7 Å². The molecule has 0 radical (unpaired) electrons. The number of rotatable bonds is 3. The lowest BCUT2D eigenvalue weighted by Gasteiger charge is -2.16. The largest absolute Gasteiger partial charge is 0.240 e. The van der Waals surface area contributed by atoms with Crippen LogP contribution in [0.15, 0.2) is 34.3 Å². The molecule has 2 aromatic rings. The summed E-state index contributed by atoms with van der Waals surface area (Å²) in [7, 11) is 0. The normalized spacial score (nSPS) is 9.82. The summed E-state index contributed by atoms with van der Waals surface area (Å²) in [4.78, 5) is 28.6. The van der Waals surface area contributed by atoms with Crippen molar-refractivity contribution in [3.8, 4) is 11.1 Å². The second-order valence-corrected chi connectivity index (χ2v) is 5.24. The molecule has 0 aliphatic rings. The Morgan fingerprint density at radius 3 is 2.14 bits per heavy atom. The van der Waals surface area contributed by atoms with E-state index in [1.54, 1.807) is 18.2 Å². The number of carbonyl (C=O) groups excluding carboxylic acids is 2. The van der Waals surface area contributed by atoms with Crippen LogP contribution in [0.2, 0.25) is 0 Å². The molecule has 0 spiro atoms. The summed E-state index contributed by atoms with van der Waals surface area (Å²) in [5.41, 5.74) is 7.24. The van der Waals surface area contributed by atoms with Crippen LogP contribution in [-0.2, 0) is 9.59 Å². The van der Waals surface area contributed by atoms with Gasteiger partial charge in [-0.2, -0.15) is 9.98 Å². The molecule has 0 atom stereocenters. The van der Waals surface area contributed by atoms with Crippen molar-refractivity contribution in [3.05, 3.63) is 46.5 Å². The summed E-state index contributed by atoms with van der Waals surface area (Å²) in [5, 5.41) is 0. The fourth-order valence-electron chi connectivity index (χ4n) is 2.64. The van der Waals surface area contributed by atoms with E-state index in [4.69, 9.17) is 0 Å². The van der Waals surface area contributed by atoms with Gasteiger partial charge in [-0.3, -0.25) is 0 Å². The average Bonchev–Trinajstić information content (AvgIpc) is 2.47. The Balaban J connectivity index is 2.84.